The van der Waals surface area contributed by atoms with Gasteiger partial charge in [-0.05, 0) is 18.3 Å². The number of nitrogen functional groups attached to an aromatic ring is 1. The molecule has 0 saturated heterocycles. The average Bonchev–Trinajstić information content (AvgIpc) is 2.51. The van der Waals surface area contributed by atoms with E-state index in [-0.39, 0.29) is 0 Å². The van der Waals surface area contributed by atoms with Crippen LogP contribution >= 0.6 is 0 Å². The molecule has 0 aliphatic carbocycles. The molecule has 16 heavy (non-hydrogen) atoms. The highest BCUT2D eigenvalue weighted by molar-refractivity contribution is 5.64. The summed E-state index contributed by atoms with van der Waals surface area (Å²) in [6, 6.07) is 0. The van der Waals surface area contributed by atoms with Gasteiger partial charge in [0, 0.05) is 13.6 Å². The van der Waals surface area contributed by atoms with Crippen LogP contribution < -0.4 is 11.1 Å². The number of aryl methyl sites for hydroxylation is 2. The summed E-state index contributed by atoms with van der Waals surface area (Å²) in [4.78, 5) is 0. The molecule has 92 valence electrons. The minimum absolute atomic E-state index is 0.624. The molecule has 1 aromatic heterocycles. The Bertz CT molecular complexity index is 341. The monoisotopic (exact) mass is 224 g/mol. The van der Waals surface area contributed by atoms with Crippen molar-refractivity contribution in [2.75, 3.05) is 17.6 Å². The lowest BCUT2D eigenvalue weighted by Crippen LogP contribution is -2.18. The van der Waals surface area contributed by atoms with Gasteiger partial charge in [0.25, 0.3) is 0 Å². The smallest absolute Gasteiger partial charge is 0.147 e. The maximum atomic E-state index is 6.03. The molecule has 0 bridgehead atoms. The SMILES string of the molecule is CCc1nn(C)c(NCC(C)C(C)C)c1N. The molecule has 0 saturated carbocycles. The Morgan fingerprint density at radius 1 is 1.38 bits per heavy atom. The first-order valence-electron chi connectivity index (χ1n) is 6.02. The van der Waals surface area contributed by atoms with Gasteiger partial charge >= 0.3 is 0 Å². The molecule has 1 atom stereocenters. The van der Waals surface area contributed by atoms with Crippen LogP contribution in [0.4, 0.5) is 11.5 Å². The minimum Gasteiger partial charge on any atom is -0.394 e. The second kappa shape index (κ2) is 5.23. The molecule has 1 rings (SSSR count). The van der Waals surface area contributed by atoms with Crippen LogP contribution in [0.2, 0.25) is 0 Å². The highest BCUT2D eigenvalue weighted by atomic mass is 15.3. The highest BCUT2D eigenvalue weighted by Gasteiger charge is 2.13. The summed E-state index contributed by atoms with van der Waals surface area (Å²) >= 11 is 0. The number of anilines is 2. The number of aromatic nitrogens is 2. The second-order valence-corrected chi connectivity index (χ2v) is 4.79. The van der Waals surface area contributed by atoms with Gasteiger partial charge in [-0.15, -0.1) is 0 Å². The molecule has 4 nitrogen and oxygen atoms in total. The first kappa shape index (κ1) is 12.9. The molecule has 1 aromatic rings. The number of hydrogen-bond donors (Lipinski definition) is 2. The van der Waals surface area contributed by atoms with E-state index in [1.807, 2.05) is 11.7 Å². The Labute approximate surface area is 98.2 Å². The number of nitrogens with two attached hydrogens (primary N) is 1. The normalized spacial score (nSPS) is 13.1. The maximum absolute atomic E-state index is 6.03. The number of rotatable bonds is 5. The van der Waals surface area contributed by atoms with Crippen LogP contribution in [0.25, 0.3) is 0 Å². The van der Waals surface area contributed by atoms with Crippen LogP contribution in [0.15, 0.2) is 0 Å². The summed E-state index contributed by atoms with van der Waals surface area (Å²) in [6.45, 7) is 9.71. The van der Waals surface area contributed by atoms with Crippen LogP contribution in [-0.2, 0) is 13.5 Å². The summed E-state index contributed by atoms with van der Waals surface area (Å²) in [6.07, 6.45) is 0.876. The molecular formula is C12H24N4. The largest absolute Gasteiger partial charge is 0.394 e. The molecule has 1 unspecified atom stereocenters. The fourth-order valence-corrected chi connectivity index (χ4v) is 1.56. The standard InChI is InChI=1S/C12H24N4/c1-6-10-11(13)12(16(5)15-10)14-7-9(4)8(2)3/h8-9,14H,6-7,13H2,1-5H3. The Morgan fingerprint density at radius 2 is 2.00 bits per heavy atom. The third-order valence-electron chi connectivity index (χ3n) is 3.22. The van der Waals surface area contributed by atoms with Gasteiger partial charge in [0.2, 0.25) is 0 Å². The van der Waals surface area contributed by atoms with Gasteiger partial charge in [-0.2, -0.15) is 5.10 Å². The molecule has 3 N–H and O–H groups in total. The topological polar surface area (TPSA) is 55.9 Å². The van der Waals surface area contributed by atoms with Gasteiger partial charge in [-0.25, -0.2) is 0 Å². The zero-order valence-corrected chi connectivity index (χ0v) is 11.0. The lowest BCUT2D eigenvalue weighted by Gasteiger charge is -2.17. The quantitative estimate of drug-likeness (QED) is 0.806. The average molecular weight is 224 g/mol. The van der Waals surface area contributed by atoms with Gasteiger partial charge in [-0.1, -0.05) is 27.7 Å². The Hall–Kier alpha value is -1.19. The predicted octanol–water partition coefficient (Wildman–Crippen LogP) is 2.27. The third kappa shape index (κ3) is 2.68. The van der Waals surface area contributed by atoms with E-state index in [0.29, 0.717) is 11.8 Å². The lowest BCUT2D eigenvalue weighted by atomic mass is 9.98. The van der Waals surface area contributed by atoms with Crippen molar-refractivity contribution >= 4 is 11.5 Å². The molecule has 4 heteroatoms. The van der Waals surface area contributed by atoms with Gasteiger partial charge in [0.05, 0.1) is 11.4 Å². The first-order chi connectivity index (χ1) is 7.47. The predicted molar refractivity (Wildman–Crippen MR) is 69.5 cm³/mol. The fraction of sp³-hybridized carbons (Fsp3) is 0.750. The molecule has 0 aromatic carbocycles. The molecule has 0 aliphatic heterocycles. The number of hydrogen-bond acceptors (Lipinski definition) is 3. The first-order valence-corrected chi connectivity index (χ1v) is 6.02. The summed E-state index contributed by atoms with van der Waals surface area (Å²) in [7, 11) is 1.93. The molecule has 0 radical (unpaired) electrons. The van der Waals surface area contributed by atoms with Crippen molar-refractivity contribution < 1.29 is 0 Å². The molecule has 0 spiro atoms. The summed E-state index contributed by atoms with van der Waals surface area (Å²) in [5.74, 6) is 2.25. The molecule has 0 fully saturated rings. The van der Waals surface area contributed by atoms with Crippen LogP contribution in [0.5, 0.6) is 0 Å². The molecule has 1 heterocycles. The van der Waals surface area contributed by atoms with Gasteiger partial charge in [-0.3, -0.25) is 4.68 Å². The molecule has 0 aliphatic rings. The Balaban J connectivity index is 2.70. The van der Waals surface area contributed by atoms with Crippen molar-refractivity contribution in [2.24, 2.45) is 18.9 Å². The van der Waals surface area contributed by atoms with Crippen LogP contribution in [0.1, 0.15) is 33.4 Å². The Kier molecular flexibility index (Phi) is 4.21. The van der Waals surface area contributed by atoms with E-state index in [0.717, 1.165) is 30.2 Å². The van der Waals surface area contributed by atoms with E-state index in [4.69, 9.17) is 5.73 Å². The van der Waals surface area contributed by atoms with Crippen molar-refractivity contribution in [1.29, 1.82) is 0 Å². The van der Waals surface area contributed by atoms with Crippen molar-refractivity contribution in [3.05, 3.63) is 5.69 Å². The molecule has 0 amide bonds. The highest BCUT2D eigenvalue weighted by Crippen LogP contribution is 2.23. The van der Waals surface area contributed by atoms with Crippen LogP contribution in [-0.4, -0.2) is 16.3 Å². The van der Waals surface area contributed by atoms with Crippen LogP contribution in [0, 0.1) is 11.8 Å². The van der Waals surface area contributed by atoms with Crippen LogP contribution in [0.3, 0.4) is 0 Å². The van der Waals surface area contributed by atoms with E-state index < -0.39 is 0 Å². The number of nitrogens with one attached hydrogen (secondary N) is 1. The van der Waals surface area contributed by atoms with E-state index in [1.165, 1.54) is 0 Å². The second-order valence-electron chi connectivity index (χ2n) is 4.79. The summed E-state index contributed by atoms with van der Waals surface area (Å²) in [5.41, 5.74) is 7.80. The van der Waals surface area contributed by atoms with Crippen molar-refractivity contribution in [3.63, 3.8) is 0 Å². The zero-order valence-electron chi connectivity index (χ0n) is 11.0. The summed E-state index contributed by atoms with van der Waals surface area (Å²) in [5, 5.41) is 7.77. The van der Waals surface area contributed by atoms with E-state index in [1.54, 1.807) is 0 Å². The Morgan fingerprint density at radius 3 is 2.44 bits per heavy atom. The van der Waals surface area contributed by atoms with Crippen molar-refractivity contribution in [3.8, 4) is 0 Å². The number of nitrogens with zero attached hydrogens (tertiary/aromatic N) is 2. The van der Waals surface area contributed by atoms with E-state index in [9.17, 15) is 0 Å². The fourth-order valence-electron chi connectivity index (χ4n) is 1.56. The van der Waals surface area contributed by atoms with E-state index >= 15 is 0 Å². The lowest BCUT2D eigenvalue weighted by molar-refractivity contribution is 0.438. The van der Waals surface area contributed by atoms with Crippen molar-refractivity contribution in [1.82, 2.24) is 9.78 Å². The summed E-state index contributed by atoms with van der Waals surface area (Å²) < 4.78 is 1.83. The van der Waals surface area contributed by atoms with Gasteiger partial charge in [0.1, 0.15) is 5.82 Å². The third-order valence-corrected chi connectivity index (χ3v) is 3.22. The van der Waals surface area contributed by atoms with Crippen molar-refractivity contribution in [2.45, 2.75) is 34.1 Å². The van der Waals surface area contributed by atoms with E-state index in [2.05, 4.69) is 38.1 Å². The zero-order chi connectivity index (χ0) is 12.3. The van der Waals surface area contributed by atoms with Gasteiger partial charge in [0.15, 0.2) is 0 Å². The van der Waals surface area contributed by atoms with Gasteiger partial charge < -0.3 is 11.1 Å². The molecular weight excluding hydrogens is 200 g/mol. The minimum atomic E-state index is 0.624. The maximum Gasteiger partial charge on any atom is 0.147 e.